The fourth-order valence-electron chi connectivity index (χ4n) is 2.54. The van der Waals surface area contributed by atoms with E-state index in [1.807, 2.05) is 6.92 Å². The monoisotopic (exact) mass is 299 g/mol. The van der Waals surface area contributed by atoms with Crippen molar-refractivity contribution in [3.63, 3.8) is 0 Å². The van der Waals surface area contributed by atoms with Crippen molar-refractivity contribution >= 4 is 21.4 Å². The van der Waals surface area contributed by atoms with Crippen molar-refractivity contribution in [2.24, 2.45) is 5.14 Å². The highest BCUT2D eigenvalue weighted by Gasteiger charge is 2.21. The standard InChI is InChI=1S/C13H21N3O3S/c1-2-19-11-4-3-7-16(9-11)10-5-6-13(12(14)8-10)20(15,17)18/h5-6,8,11H,2-4,7,9,14H2,1H3,(H2,15,17,18). The molecule has 20 heavy (non-hydrogen) atoms. The Hall–Kier alpha value is -1.31. The molecule has 1 aromatic carbocycles. The van der Waals surface area contributed by atoms with Crippen LogP contribution < -0.4 is 15.8 Å². The number of primary sulfonamides is 1. The van der Waals surface area contributed by atoms with Crippen LogP contribution in [0.2, 0.25) is 0 Å². The van der Waals surface area contributed by atoms with Crippen LogP contribution in [0.1, 0.15) is 19.8 Å². The summed E-state index contributed by atoms with van der Waals surface area (Å²) in [5, 5.41) is 5.11. The molecule has 1 unspecified atom stereocenters. The van der Waals surface area contributed by atoms with Gasteiger partial charge in [0.2, 0.25) is 10.0 Å². The maximum atomic E-state index is 11.3. The topological polar surface area (TPSA) is 98.6 Å². The van der Waals surface area contributed by atoms with Gasteiger partial charge < -0.3 is 15.4 Å². The van der Waals surface area contributed by atoms with Gasteiger partial charge in [-0.05, 0) is 38.0 Å². The lowest BCUT2D eigenvalue weighted by Crippen LogP contribution is -2.39. The van der Waals surface area contributed by atoms with Crippen LogP contribution in [-0.4, -0.2) is 34.2 Å². The molecule has 1 aromatic rings. The summed E-state index contributed by atoms with van der Waals surface area (Å²) >= 11 is 0. The van der Waals surface area contributed by atoms with Gasteiger partial charge in [-0.2, -0.15) is 0 Å². The van der Waals surface area contributed by atoms with Gasteiger partial charge in [-0.3, -0.25) is 0 Å². The number of rotatable bonds is 4. The van der Waals surface area contributed by atoms with Crippen LogP contribution in [0.25, 0.3) is 0 Å². The molecular formula is C13H21N3O3S. The molecule has 1 aliphatic rings. The second kappa shape index (κ2) is 5.99. The third-order valence-corrected chi connectivity index (χ3v) is 4.43. The number of nitrogens with zero attached hydrogens (tertiary/aromatic N) is 1. The molecule has 0 bridgehead atoms. The molecule has 0 radical (unpaired) electrons. The van der Waals surface area contributed by atoms with Crippen LogP contribution in [0.15, 0.2) is 23.1 Å². The first-order chi connectivity index (χ1) is 9.41. The highest BCUT2D eigenvalue weighted by atomic mass is 32.2. The number of anilines is 2. The average Bonchev–Trinajstić information content (AvgIpc) is 2.38. The summed E-state index contributed by atoms with van der Waals surface area (Å²) in [6.07, 6.45) is 2.31. The zero-order chi connectivity index (χ0) is 14.8. The molecule has 1 atom stereocenters. The Morgan fingerprint density at radius 3 is 2.80 bits per heavy atom. The minimum Gasteiger partial charge on any atom is -0.398 e. The zero-order valence-corrected chi connectivity index (χ0v) is 12.4. The van der Waals surface area contributed by atoms with Gasteiger partial charge in [0.15, 0.2) is 0 Å². The first kappa shape index (κ1) is 15.1. The van der Waals surface area contributed by atoms with Gasteiger partial charge >= 0.3 is 0 Å². The summed E-state index contributed by atoms with van der Waals surface area (Å²) in [6.45, 7) is 4.39. The molecule has 6 nitrogen and oxygen atoms in total. The predicted octanol–water partition coefficient (Wildman–Crippen LogP) is 0.921. The van der Waals surface area contributed by atoms with E-state index < -0.39 is 10.0 Å². The van der Waals surface area contributed by atoms with Gasteiger partial charge in [0, 0.05) is 25.4 Å². The molecule has 1 fully saturated rings. The minimum absolute atomic E-state index is 0.0281. The van der Waals surface area contributed by atoms with Gasteiger partial charge in [-0.25, -0.2) is 13.6 Å². The van der Waals surface area contributed by atoms with Gasteiger partial charge in [0.05, 0.1) is 11.8 Å². The van der Waals surface area contributed by atoms with E-state index >= 15 is 0 Å². The summed E-state index contributed by atoms with van der Waals surface area (Å²) in [7, 11) is -3.77. The third kappa shape index (κ3) is 3.41. The lowest BCUT2D eigenvalue weighted by atomic mass is 10.1. The molecular weight excluding hydrogens is 278 g/mol. The van der Waals surface area contributed by atoms with E-state index in [1.165, 1.54) is 6.07 Å². The Kier molecular flexibility index (Phi) is 4.52. The van der Waals surface area contributed by atoms with Crippen molar-refractivity contribution in [1.82, 2.24) is 0 Å². The summed E-state index contributed by atoms with van der Waals surface area (Å²) in [6, 6.07) is 4.86. The van der Waals surface area contributed by atoms with E-state index in [0.29, 0.717) is 6.61 Å². The van der Waals surface area contributed by atoms with Crippen molar-refractivity contribution in [2.45, 2.75) is 30.8 Å². The quantitative estimate of drug-likeness (QED) is 0.806. The molecule has 7 heteroatoms. The minimum atomic E-state index is -3.77. The summed E-state index contributed by atoms with van der Waals surface area (Å²) in [5.41, 5.74) is 6.88. The SMILES string of the molecule is CCOC1CCCN(c2ccc(S(N)(=O)=O)c(N)c2)C1. The van der Waals surface area contributed by atoms with Crippen LogP contribution in [0.5, 0.6) is 0 Å². The summed E-state index contributed by atoms with van der Waals surface area (Å²) in [5.74, 6) is 0. The van der Waals surface area contributed by atoms with Crippen LogP contribution in [0.4, 0.5) is 11.4 Å². The smallest absolute Gasteiger partial charge is 0.240 e. The Bertz CT molecular complexity index is 572. The lowest BCUT2D eigenvalue weighted by Gasteiger charge is -2.34. The molecule has 2 rings (SSSR count). The van der Waals surface area contributed by atoms with Crippen LogP contribution in [0.3, 0.4) is 0 Å². The Balaban J connectivity index is 2.19. The number of piperidine rings is 1. The van der Waals surface area contributed by atoms with E-state index in [1.54, 1.807) is 12.1 Å². The van der Waals surface area contributed by atoms with E-state index in [2.05, 4.69) is 4.90 Å². The number of benzene rings is 1. The molecule has 112 valence electrons. The molecule has 1 aliphatic heterocycles. The average molecular weight is 299 g/mol. The fraction of sp³-hybridized carbons (Fsp3) is 0.538. The Labute approximate surface area is 119 Å². The number of ether oxygens (including phenoxy) is 1. The highest BCUT2D eigenvalue weighted by molar-refractivity contribution is 7.89. The van der Waals surface area contributed by atoms with Gasteiger partial charge in [0.1, 0.15) is 4.90 Å². The Morgan fingerprint density at radius 2 is 2.20 bits per heavy atom. The molecule has 1 saturated heterocycles. The van der Waals surface area contributed by atoms with E-state index in [0.717, 1.165) is 31.6 Å². The zero-order valence-electron chi connectivity index (χ0n) is 11.6. The van der Waals surface area contributed by atoms with Crippen molar-refractivity contribution in [1.29, 1.82) is 0 Å². The molecule has 0 aliphatic carbocycles. The van der Waals surface area contributed by atoms with Crippen molar-refractivity contribution in [2.75, 3.05) is 30.3 Å². The molecule has 0 spiro atoms. The summed E-state index contributed by atoms with van der Waals surface area (Å²) < 4.78 is 28.3. The van der Waals surface area contributed by atoms with Crippen molar-refractivity contribution in [3.05, 3.63) is 18.2 Å². The van der Waals surface area contributed by atoms with Crippen LogP contribution in [-0.2, 0) is 14.8 Å². The number of nitrogens with two attached hydrogens (primary N) is 2. The van der Waals surface area contributed by atoms with Crippen molar-refractivity contribution in [3.8, 4) is 0 Å². The van der Waals surface area contributed by atoms with Gasteiger partial charge in [-0.1, -0.05) is 0 Å². The molecule has 4 N–H and O–H groups in total. The first-order valence-corrected chi connectivity index (χ1v) is 8.25. The first-order valence-electron chi connectivity index (χ1n) is 6.70. The Morgan fingerprint density at radius 1 is 1.45 bits per heavy atom. The largest absolute Gasteiger partial charge is 0.398 e. The second-order valence-corrected chi connectivity index (χ2v) is 6.46. The number of hydrogen-bond acceptors (Lipinski definition) is 5. The highest BCUT2D eigenvalue weighted by Crippen LogP contribution is 2.27. The number of hydrogen-bond donors (Lipinski definition) is 2. The second-order valence-electron chi connectivity index (χ2n) is 4.93. The molecule has 1 heterocycles. The normalized spacial score (nSPS) is 20.1. The van der Waals surface area contributed by atoms with Gasteiger partial charge in [-0.15, -0.1) is 0 Å². The number of nitrogen functional groups attached to an aromatic ring is 1. The predicted molar refractivity (Wildman–Crippen MR) is 79.1 cm³/mol. The lowest BCUT2D eigenvalue weighted by molar-refractivity contribution is 0.0527. The molecule has 0 saturated carbocycles. The third-order valence-electron chi connectivity index (χ3n) is 3.45. The van der Waals surface area contributed by atoms with Crippen molar-refractivity contribution < 1.29 is 13.2 Å². The maximum Gasteiger partial charge on any atom is 0.240 e. The van der Waals surface area contributed by atoms with Crippen LogP contribution >= 0.6 is 0 Å². The summed E-state index contributed by atoms with van der Waals surface area (Å²) in [4.78, 5) is 2.13. The molecule has 0 amide bonds. The fourth-order valence-corrected chi connectivity index (χ4v) is 3.18. The van der Waals surface area contributed by atoms with E-state index in [-0.39, 0.29) is 16.7 Å². The van der Waals surface area contributed by atoms with E-state index in [4.69, 9.17) is 15.6 Å². The number of sulfonamides is 1. The van der Waals surface area contributed by atoms with Crippen LogP contribution in [0, 0.1) is 0 Å². The van der Waals surface area contributed by atoms with E-state index in [9.17, 15) is 8.42 Å². The van der Waals surface area contributed by atoms with Gasteiger partial charge in [0.25, 0.3) is 0 Å². The molecule has 0 aromatic heterocycles. The maximum absolute atomic E-state index is 11.3.